The molecule has 0 aliphatic carbocycles. The second-order valence-electron chi connectivity index (χ2n) is 4.54. The molecule has 1 aromatic carbocycles. The van der Waals surface area contributed by atoms with Crippen LogP contribution >= 0.6 is 0 Å². The van der Waals surface area contributed by atoms with Gasteiger partial charge in [-0.3, -0.25) is 4.79 Å². The zero-order valence-electron chi connectivity index (χ0n) is 10.2. The van der Waals surface area contributed by atoms with Crippen molar-refractivity contribution >= 4 is 11.6 Å². The summed E-state index contributed by atoms with van der Waals surface area (Å²) in [6.45, 7) is 4.62. The summed E-state index contributed by atoms with van der Waals surface area (Å²) in [5.74, 6) is -0.117. The summed E-state index contributed by atoms with van der Waals surface area (Å²) in [5, 5.41) is 2.97. The van der Waals surface area contributed by atoms with Crippen molar-refractivity contribution in [2.75, 3.05) is 12.3 Å². The SMILES string of the molecule is Cc1ccc(N)c(C(=O)NC2CCOC2C)c1. The van der Waals surface area contributed by atoms with Gasteiger partial charge in [-0.05, 0) is 32.4 Å². The van der Waals surface area contributed by atoms with Gasteiger partial charge in [0, 0.05) is 12.3 Å². The van der Waals surface area contributed by atoms with E-state index in [1.165, 1.54) is 0 Å². The molecule has 2 unspecified atom stereocenters. The van der Waals surface area contributed by atoms with Gasteiger partial charge in [0.05, 0.1) is 17.7 Å². The van der Waals surface area contributed by atoms with Gasteiger partial charge < -0.3 is 15.8 Å². The molecule has 0 spiro atoms. The minimum atomic E-state index is -0.117. The lowest BCUT2D eigenvalue weighted by Gasteiger charge is -2.16. The molecular weight excluding hydrogens is 216 g/mol. The lowest BCUT2D eigenvalue weighted by molar-refractivity contribution is 0.0867. The first-order chi connectivity index (χ1) is 8.08. The molecule has 4 heteroatoms. The molecule has 0 radical (unpaired) electrons. The predicted octanol–water partition coefficient (Wildman–Crippen LogP) is 1.48. The van der Waals surface area contributed by atoms with Gasteiger partial charge in [0.15, 0.2) is 0 Å². The molecule has 0 saturated carbocycles. The van der Waals surface area contributed by atoms with Gasteiger partial charge in [-0.25, -0.2) is 0 Å². The summed E-state index contributed by atoms with van der Waals surface area (Å²) < 4.78 is 5.41. The first kappa shape index (κ1) is 11.9. The van der Waals surface area contributed by atoms with E-state index < -0.39 is 0 Å². The molecule has 1 saturated heterocycles. The number of ether oxygens (including phenoxy) is 1. The van der Waals surface area contributed by atoms with Gasteiger partial charge in [-0.15, -0.1) is 0 Å². The van der Waals surface area contributed by atoms with Crippen LogP contribution in [0.25, 0.3) is 0 Å². The van der Waals surface area contributed by atoms with Crippen molar-refractivity contribution in [3.8, 4) is 0 Å². The van der Waals surface area contributed by atoms with E-state index in [1.54, 1.807) is 6.07 Å². The minimum Gasteiger partial charge on any atom is -0.398 e. The van der Waals surface area contributed by atoms with Crippen molar-refractivity contribution in [3.63, 3.8) is 0 Å². The van der Waals surface area contributed by atoms with Crippen LogP contribution in [-0.2, 0) is 4.74 Å². The summed E-state index contributed by atoms with van der Waals surface area (Å²) in [6, 6.07) is 5.56. The maximum absolute atomic E-state index is 12.1. The molecule has 1 heterocycles. The summed E-state index contributed by atoms with van der Waals surface area (Å²) in [5.41, 5.74) is 7.89. The van der Waals surface area contributed by atoms with Gasteiger partial charge in [-0.1, -0.05) is 11.6 Å². The topological polar surface area (TPSA) is 64.4 Å². The quantitative estimate of drug-likeness (QED) is 0.762. The molecule has 4 nitrogen and oxygen atoms in total. The summed E-state index contributed by atoms with van der Waals surface area (Å²) in [7, 11) is 0. The van der Waals surface area contributed by atoms with Crippen molar-refractivity contribution < 1.29 is 9.53 Å². The average molecular weight is 234 g/mol. The van der Waals surface area contributed by atoms with Gasteiger partial charge in [0.2, 0.25) is 0 Å². The Morgan fingerprint density at radius 2 is 2.29 bits per heavy atom. The molecule has 1 fully saturated rings. The van der Waals surface area contributed by atoms with Crippen LogP contribution in [0.3, 0.4) is 0 Å². The molecule has 2 atom stereocenters. The Labute approximate surface area is 101 Å². The second-order valence-corrected chi connectivity index (χ2v) is 4.54. The monoisotopic (exact) mass is 234 g/mol. The van der Waals surface area contributed by atoms with E-state index in [0.29, 0.717) is 17.9 Å². The molecule has 0 aromatic heterocycles. The zero-order chi connectivity index (χ0) is 12.4. The number of nitrogens with one attached hydrogen (secondary N) is 1. The maximum Gasteiger partial charge on any atom is 0.253 e. The molecule has 2 rings (SSSR count). The smallest absolute Gasteiger partial charge is 0.253 e. The first-order valence-corrected chi connectivity index (χ1v) is 5.86. The molecule has 1 aliphatic heterocycles. The number of amides is 1. The van der Waals surface area contributed by atoms with Crippen molar-refractivity contribution in [1.82, 2.24) is 5.32 Å². The predicted molar refractivity (Wildman–Crippen MR) is 66.9 cm³/mol. The Kier molecular flexibility index (Phi) is 3.33. The average Bonchev–Trinajstić information content (AvgIpc) is 2.68. The Hall–Kier alpha value is -1.55. The lowest BCUT2D eigenvalue weighted by atomic mass is 10.1. The molecule has 1 aliphatic rings. The number of hydrogen-bond acceptors (Lipinski definition) is 3. The number of carbonyl (C=O) groups excluding carboxylic acids is 1. The van der Waals surface area contributed by atoms with E-state index in [4.69, 9.17) is 10.5 Å². The molecule has 3 N–H and O–H groups in total. The van der Waals surface area contributed by atoms with Gasteiger partial charge in [0.1, 0.15) is 0 Å². The van der Waals surface area contributed by atoms with E-state index in [1.807, 2.05) is 26.0 Å². The number of aryl methyl sites for hydroxylation is 1. The van der Waals surface area contributed by atoms with Crippen LogP contribution in [0.15, 0.2) is 18.2 Å². The van der Waals surface area contributed by atoms with Gasteiger partial charge in [-0.2, -0.15) is 0 Å². The molecule has 1 amide bonds. The van der Waals surface area contributed by atoms with E-state index >= 15 is 0 Å². The number of rotatable bonds is 2. The lowest BCUT2D eigenvalue weighted by Crippen LogP contribution is -2.39. The van der Waals surface area contributed by atoms with Crippen LogP contribution in [-0.4, -0.2) is 24.7 Å². The number of nitrogens with two attached hydrogens (primary N) is 1. The Balaban J connectivity index is 2.11. The third-order valence-electron chi connectivity index (χ3n) is 3.15. The fourth-order valence-corrected chi connectivity index (χ4v) is 2.03. The standard InChI is InChI=1S/C13H18N2O2/c1-8-3-4-11(14)10(7-8)13(16)15-12-5-6-17-9(12)2/h3-4,7,9,12H,5-6,14H2,1-2H3,(H,15,16). The van der Waals surface area contributed by atoms with Crippen LogP contribution in [0.4, 0.5) is 5.69 Å². The molecule has 17 heavy (non-hydrogen) atoms. The third kappa shape index (κ3) is 2.58. The van der Waals surface area contributed by atoms with Crippen molar-refractivity contribution in [2.24, 2.45) is 0 Å². The molecular formula is C13H18N2O2. The first-order valence-electron chi connectivity index (χ1n) is 5.86. The second kappa shape index (κ2) is 4.75. The molecule has 1 aromatic rings. The van der Waals surface area contributed by atoms with E-state index in [-0.39, 0.29) is 18.1 Å². The molecule has 0 bridgehead atoms. The fraction of sp³-hybridized carbons (Fsp3) is 0.462. The van der Waals surface area contributed by atoms with Crippen molar-refractivity contribution in [1.29, 1.82) is 0 Å². The minimum absolute atomic E-state index is 0.0741. The number of anilines is 1. The van der Waals surface area contributed by atoms with Crippen LogP contribution in [0.1, 0.15) is 29.3 Å². The number of hydrogen-bond donors (Lipinski definition) is 2. The van der Waals surface area contributed by atoms with Crippen molar-refractivity contribution in [2.45, 2.75) is 32.4 Å². The number of benzene rings is 1. The van der Waals surface area contributed by atoms with Gasteiger partial charge >= 0.3 is 0 Å². The number of nitrogen functional groups attached to an aromatic ring is 1. The fourth-order valence-electron chi connectivity index (χ4n) is 2.03. The number of carbonyl (C=O) groups is 1. The van der Waals surface area contributed by atoms with Crippen molar-refractivity contribution in [3.05, 3.63) is 29.3 Å². The normalized spacial score (nSPS) is 23.6. The Bertz CT molecular complexity index is 431. The maximum atomic E-state index is 12.1. The van der Waals surface area contributed by atoms with Crippen LogP contribution in [0.2, 0.25) is 0 Å². The largest absolute Gasteiger partial charge is 0.398 e. The highest BCUT2D eigenvalue weighted by Crippen LogP contribution is 2.17. The highest BCUT2D eigenvalue weighted by Gasteiger charge is 2.26. The van der Waals surface area contributed by atoms with Crippen LogP contribution in [0.5, 0.6) is 0 Å². The van der Waals surface area contributed by atoms with Gasteiger partial charge in [0.25, 0.3) is 5.91 Å². The van der Waals surface area contributed by atoms with E-state index in [2.05, 4.69) is 5.32 Å². The summed E-state index contributed by atoms with van der Waals surface area (Å²) in [4.78, 5) is 12.1. The Morgan fingerprint density at radius 3 is 2.94 bits per heavy atom. The summed E-state index contributed by atoms with van der Waals surface area (Å²) >= 11 is 0. The third-order valence-corrected chi connectivity index (χ3v) is 3.15. The highest BCUT2D eigenvalue weighted by atomic mass is 16.5. The van der Waals surface area contributed by atoms with Crippen LogP contribution < -0.4 is 11.1 Å². The summed E-state index contributed by atoms with van der Waals surface area (Å²) in [6.07, 6.45) is 0.934. The van der Waals surface area contributed by atoms with E-state index in [9.17, 15) is 4.79 Å². The molecule has 92 valence electrons. The van der Waals surface area contributed by atoms with Crippen LogP contribution in [0, 0.1) is 6.92 Å². The van der Waals surface area contributed by atoms with E-state index in [0.717, 1.165) is 12.0 Å². The zero-order valence-corrected chi connectivity index (χ0v) is 10.2. The highest BCUT2D eigenvalue weighted by molar-refractivity contribution is 5.99. The Morgan fingerprint density at radius 1 is 1.53 bits per heavy atom.